The first kappa shape index (κ1) is 17.1. The third-order valence-corrected chi connectivity index (χ3v) is 2.34. The lowest BCUT2D eigenvalue weighted by atomic mass is 9.91. The lowest BCUT2D eigenvalue weighted by Crippen LogP contribution is -2.72. The molecule has 0 radical (unpaired) electrons. The fourth-order valence-corrected chi connectivity index (χ4v) is 0.922. The molecule has 0 aliphatic rings. The minimum absolute atomic E-state index is 0.260. The summed E-state index contributed by atoms with van der Waals surface area (Å²) in [6, 6.07) is 0. The number of quaternary nitrogens is 1. The zero-order chi connectivity index (χ0) is 12.5. The highest BCUT2D eigenvalue weighted by Crippen LogP contribution is 2.12. The molecule has 0 atom stereocenters. The van der Waals surface area contributed by atoms with E-state index < -0.39 is 7.25 Å². The zero-order valence-electron chi connectivity index (χ0n) is 9.53. The smallest absolute Gasteiger partial charge is 0.418 e. The number of ether oxygens (including phenoxy) is 1. The van der Waals surface area contributed by atoms with E-state index in [2.05, 4.69) is 19.6 Å². The number of hydrogen-bond acceptors (Lipinski definition) is 1. The van der Waals surface area contributed by atoms with Crippen LogP contribution in [0.2, 0.25) is 0 Å². The zero-order valence-corrected chi connectivity index (χ0v) is 9.53. The molecule has 0 unspecified atom stereocenters. The Kier molecular flexibility index (Phi) is 9.04. The monoisotopic (exact) mass is 233 g/mol. The standard InChI is InChI=1S/C8H19NO.BF4/c1-4-8(9,5-2)6-7-10-3;2-1(3,4)5/h4-7,9H2,1-3H3;/q;-1/p+1. The van der Waals surface area contributed by atoms with Gasteiger partial charge in [0.15, 0.2) is 0 Å². The minimum Gasteiger partial charge on any atom is -0.418 e. The fourth-order valence-electron chi connectivity index (χ4n) is 0.922. The van der Waals surface area contributed by atoms with Gasteiger partial charge in [0, 0.05) is 13.5 Å². The van der Waals surface area contributed by atoms with E-state index in [0.29, 0.717) is 0 Å². The summed E-state index contributed by atoms with van der Waals surface area (Å²) in [5, 5.41) is 0. The van der Waals surface area contributed by atoms with Crippen LogP contribution in [0.25, 0.3) is 0 Å². The van der Waals surface area contributed by atoms with Crippen LogP contribution in [-0.4, -0.2) is 26.5 Å². The summed E-state index contributed by atoms with van der Waals surface area (Å²) in [6.07, 6.45) is 3.37. The van der Waals surface area contributed by atoms with Crippen LogP contribution in [0.15, 0.2) is 0 Å². The van der Waals surface area contributed by atoms with Crippen LogP contribution in [0, 0.1) is 0 Å². The van der Waals surface area contributed by atoms with Crippen molar-refractivity contribution < 1.29 is 27.7 Å². The molecule has 0 saturated carbocycles. The van der Waals surface area contributed by atoms with Crippen LogP contribution in [0.5, 0.6) is 0 Å². The van der Waals surface area contributed by atoms with Crippen molar-refractivity contribution in [2.75, 3.05) is 13.7 Å². The van der Waals surface area contributed by atoms with Crippen molar-refractivity contribution in [2.24, 2.45) is 0 Å². The summed E-state index contributed by atoms with van der Waals surface area (Å²) in [5.41, 5.74) is 4.42. The Morgan fingerprint density at radius 3 is 1.67 bits per heavy atom. The Labute approximate surface area is 88.3 Å². The second-order valence-corrected chi connectivity index (χ2v) is 3.44. The quantitative estimate of drug-likeness (QED) is 0.573. The van der Waals surface area contributed by atoms with Gasteiger partial charge in [0.25, 0.3) is 0 Å². The van der Waals surface area contributed by atoms with Gasteiger partial charge in [-0.05, 0) is 12.8 Å². The Hall–Kier alpha value is -0.295. The molecule has 0 aromatic heterocycles. The predicted molar refractivity (Wildman–Crippen MR) is 52.9 cm³/mol. The van der Waals surface area contributed by atoms with Crippen molar-refractivity contribution >= 4 is 7.25 Å². The van der Waals surface area contributed by atoms with E-state index in [-0.39, 0.29) is 5.54 Å². The summed E-state index contributed by atoms with van der Waals surface area (Å²) < 4.78 is 44.0. The van der Waals surface area contributed by atoms with Gasteiger partial charge < -0.3 is 27.7 Å². The molecule has 0 saturated heterocycles. The van der Waals surface area contributed by atoms with E-state index in [9.17, 15) is 17.3 Å². The summed E-state index contributed by atoms with van der Waals surface area (Å²) in [6.45, 7) is 5.21. The van der Waals surface area contributed by atoms with Gasteiger partial charge in [0.1, 0.15) is 0 Å². The first-order chi connectivity index (χ1) is 6.68. The Morgan fingerprint density at radius 2 is 1.47 bits per heavy atom. The Balaban J connectivity index is 0. The van der Waals surface area contributed by atoms with Crippen LogP contribution in [0.4, 0.5) is 17.3 Å². The maximum atomic E-state index is 9.75. The molecule has 0 amide bonds. The highest BCUT2D eigenvalue weighted by Gasteiger charge is 2.23. The maximum absolute atomic E-state index is 9.75. The highest BCUT2D eigenvalue weighted by atomic mass is 19.5. The van der Waals surface area contributed by atoms with Crippen molar-refractivity contribution in [1.82, 2.24) is 0 Å². The molecule has 0 aromatic carbocycles. The van der Waals surface area contributed by atoms with E-state index in [1.807, 2.05) is 0 Å². The van der Waals surface area contributed by atoms with Crippen LogP contribution < -0.4 is 5.73 Å². The molecule has 0 aromatic rings. The van der Waals surface area contributed by atoms with Crippen molar-refractivity contribution in [2.45, 2.75) is 38.6 Å². The summed E-state index contributed by atoms with van der Waals surface area (Å²) in [5.74, 6) is 0. The van der Waals surface area contributed by atoms with Gasteiger partial charge in [0.2, 0.25) is 0 Å². The van der Waals surface area contributed by atoms with Gasteiger partial charge in [-0.3, -0.25) is 0 Å². The molecule has 0 fully saturated rings. The average molecular weight is 233 g/mol. The normalized spacial score (nSPS) is 12.0. The average Bonchev–Trinajstić information content (AvgIpc) is 2.12. The SMILES string of the molecule is CCC([NH3+])(CC)CCOC.F[B-](F)(F)F. The second kappa shape index (κ2) is 7.93. The van der Waals surface area contributed by atoms with Gasteiger partial charge in [0.05, 0.1) is 12.1 Å². The molecule has 94 valence electrons. The van der Waals surface area contributed by atoms with Crippen LogP contribution in [-0.2, 0) is 4.74 Å². The van der Waals surface area contributed by atoms with Gasteiger partial charge in [-0.1, -0.05) is 13.8 Å². The second-order valence-electron chi connectivity index (χ2n) is 3.44. The number of rotatable bonds is 5. The Morgan fingerprint density at radius 1 is 1.13 bits per heavy atom. The van der Waals surface area contributed by atoms with Crippen LogP contribution >= 0.6 is 0 Å². The van der Waals surface area contributed by atoms with Crippen molar-refractivity contribution in [1.29, 1.82) is 0 Å². The molecule has 0 aliphatic carbocycles. The van der Waals surface area contributed by atoms with Gasteiger partial charge >= 0.3 is 7.25 Å². The molecule has 0 aliphatic heterocycles. The lowest BCUT2D eigenvalue weighted by molar-refractivity contribution is -0.482. The molecule has 15 heavy (non-hydrogen) atoms. The van der Waals surface area contributed by atoms with Crippen molar-refractivity contribution in [3.63, 3.8) is 0 Å². The molecule has 7 heteroatoms. The van der Waals surface area contributed by atoms with Gasteiger partial charge in [-0.25, -0.2) is 0 Å². The predicted octanol–water partition coefficient (Wildman–Crippen LogP) is 2.12. The highest BCUT2D eigenvalue weighted by molar-refractivity contribution is 6.50. The molecular formula is C8H20BF4NO. The van der Waals surface area contributed by atoms with E-state index in [1.54, 1.807) is 7.11 Å². The third-order valence-electron chi connectivity index (χ3n) is 2.34. The first-order valence-corrected chi connectivity index (χ1v) is 4.90. The lowest BCUT2D eigenvalue weighted by Gasteiger charge is -2.21. The number of halogens is 4. The topological polar surface area (TPSA) is 36.9 Å². The van der Waals surface area contributed by atoms with Crippen LogP contribution in [0.1, 0.15) is 33.1 Å². The maximum Gasteiger partial charge on any atom is 0.673 e. The molecule has 2 nitrogen and oxygen atoms in total. The van der Waals surface area contributed by atoms with Gasteiger partial charge in [-0.15, -0.1) is 0 Å². The first-order valence-electron chi connectivity index (χ1n) is 4.90. The Bertz CT molecular complexity index is 144. The fraction of sp³-hybridized carbons (Fsp3) is 1.00. The van der Waals surface area contributed by atoms with Crippen LogP contribution in [0.3, 0.4) is 0 Å². The van der Waals surface area contributed by atoms with E-state index in [4.69, 9.17) is 4.74 Å². The molecule has 3 N–H and O–H groups in total. The largest absolute Gasteiger partial charge is 0.673 e. The van der Waals surface area contributed by atoms with Gasteiger partial charge in [-0.2, -0.15) is 0 Å². The van der Waals surface area contributed by atoms with E-state index in [1.165, 1.54) is 0 Å². The summed E-state index contributed by atoms with van der Waals surface area (Å²) in [7, 11) is -4.26. The number of hydrogen-bond donors (Lipinski definition) is 1. The molecular weight excluding hydrogens is 213 g/mol. The molecule has 0 bridgehead atoms. The summed E-state index contributed by atoms with van der Waals surface area (Å²) in [4.78, 5) is 0. The molecule has 0 heterocycles. The third kappa shape index (κ3) is 16.4. The molecule has 0 rings (SSSR count). The van der Waals surface area contributed by atoms with E-state index in [0.717, 1.165) is 25.9 Å². The van der Waals surface area contributed by atoms with Crippen molar-refractivity contribution in [3.8, 4) is 0 Å². The van der Waals surface area contributed by atoms with Crippen molar-refractivity contribution in [3.05, 3.63) is 0 Å². The minimum atomic E-state index is -6.00. The summed E-state index contributed by atoms with van der Waals surface area (Å²) >= 11 is 0. The molecule has 0 spiro atoms. The number of methoxy groups -OCH3 is 1. The van der Waals surface area contributed by atoms with E-state index >= 15 is 0 Å².